The number of esters is 1. The van der Waals surface area contributed by atoms with Crippen molar-refractivity contribution in [2.75, 3.05) is 17.7 Å². The molecule has 202 valence electrons. The number of thiophene rings is 2. The molecule has 0 aliphatic heterocycles. The van der Waals surface area contributed by atoms with E-state index in [9.17, 15) is 14.4 Å². The van der Waals surface area contributed by atoms with E-state index >= 15 is 0 Å². The number of benzene rings is 1. The molecule has 0 spiro atoms. The number of fused-ring (bicyclic) bond motifs is 1. The molecule has 0 radical (unpaired) electrons. The summed E-state index contributed by atoms with van der Waals surface area (Å²) in [5, 5.41) is 17.4. The van der Waals surface area contributed by atoms with Crippen molar-refractivity contribution in [3.05, 3.63) is 74.0 Å². The fourth-order valence-corrected chi connectivity index (χ4v) is 7.10. The Bertz CT molecular complexity index is 1510. The van der Waals surface area contributed by atoms with Gasteiger partial charge in [0, 0.05) is 10.6 Å². The molecule has 0 atom stereocenters. The van der Waals surface area contributed by atoms with E-state index < -0.39 is 5.97 Å². The average Bonchev–Trinajstić information content (AvgIpc) is 3.71. The van der Waals surface area contributed by atoms with Crippen molar-refractivity contribution in [1.82, 2.24) is 20.1 Å². The van der Waals surface area contributed by atoms with Gasteiger partial charge in [0.05, 0.1) is 29.3 Å². The van der Waals surface area contributed by atoms with Gasteiger partial charge in [-0.3, -0.25) is 14.2 Å². The van der Waals surface area contributed by atoms with Gasteiger partial charge in [-0.05, 0) is 67.8 Å². The highest BCUT2D eigenvalue weighted by Gasteiger charge is 2.28. The number of rotatable bonds is 10. The minimum absolute atomic E-state index is 0.0658. The van der Waals surface area contributed by atoms with Crippen LogP contribution in [-0.4, -0.2) is 44.9 Å². The molecular formula is C27H27N5O4S3. The topological polar surface area (TPSA) is 115 Å². The predicted molar refractivity (Wildman–Crippen MR) is 153 cm³/mol. The first kappa shape index (κ1) is 27.1. The van der Waals surface area contributed by atoms with Crippen molar-refractivity contribution < 1.29 is 19.1 Å². The average molecular weight is 582 g/mol. The number of carbonyl (C=O) groups is 3. The van der Waals surface area contributed by atoms with Gasteiger partial charge in [-0.25, -0.2) is 4.79 Å². The molecule has 1 aliphatic carbocycles. The summed E-state index contributed by atoms with van der Waals surface area (Å²) in [5.74, 6) is -0.216. The van der Waals surface area contributed by atoms with Gasteiger partial charge in [0.1, 0.15) is 5.00 Å². The minimum atomic E-state index is -0.395. The Morgan fingerprint density at radius 1 is 1.15 bits per heavy atom. The predicted octanol–water partition coefficient (Wildman–Crippen LogP) is 5.02. The van der Waals surface area contributed by atoms with Crippen LogP contribution in [0, 0.1) is 6.92 Å². The number of hydrogen-bond donors (Lipinski definition) is 2. The minimum Gasteiger partial charge on any atom is -0.462 e. The van der Waals surface area contributed by atoms with Gasteiger partial charge in [0.25, 0.3) is 5.91 Å². The smallest absolute Gasteiger partial charge is 0.341 e. The molecule has 0 fully saturated rings. The molecule has 3 heterocycles. The molecule has 5 rings (SSSR count). The van der Waals surface area contributed by atoms with Crippen LogP contribution in [0.5, 0.6) is 0 Å². The molecule has 1 aliphatic rings. The molecule has 0 bridgehead atoms. The SMILES string of the molecule is CCOC(=O)c1c(NC(=O)CSc2nnc(CNC(=O)c3cccs3)n2-c2cccc(C)c2)sc2c1CCC2. The summed E-state index contributed by atoms with van der Waals surface area (Å²) < 4.78 is 7.11. The summed E-state index contributed by atoms with van der Waals surface area (Å²) in [6.45, 7) is 4.21. The Morgan fingerprint density at radius 3 is 2.79 bits per heavy atom. The molecule has 9 nitrogen and oxygen atoms in total. The standard InChI is InChI=1S/C27H27N5O4S3/c1-3-36-26(35)23-18-9-5-10-19(18)39-25(23)29-22(33)15-38-27-31-30-21(14-28-24(34)20-11-6-12-37-20)32(27)17-8-4-7-16(2)13-17/h4,6-8,11-13H,3,5,9-10,14-15H2,1-2H3,(H,28,34)(H,29,33). The number of carbonyl (C=O) groups excluding carboxylic acids is 3. The summed E-state index contributed by atoms with van der Waals surface area (Å²) in [7, 11) is 0. The molecule has 2 N–H and O–H groups in total. The number of thioether (sulfide) groups is 1. The maximum atomic E-state index is 13.0. The Labute approximate surface area is 238 Å². The van der Waals surface area contributed by atoms with Gasteiger partial charge >= 0.3 is 5.97 Å². The van der Waals surface area contributed by atoms with Crippen molar-refractivity contribution in [3.63, 3.8) is 0 Å². The van der Waals surface area contributed by atoms with Gasteiger partial charge in [0.15, 0.2) is 11.0 Å². The van der Waals surface area contributed by atoms with Crippen molar-refractivity contribution >= 4 is 57.2 Å². The van der Waals surface area contributed by atoms with Crippen molar-refractivity contribution in [1.29, 1.82) is 0 Å². The molecule has 0 saturated heterocycles. The normalized spacial score (nSPS) is 12.3. The number of nitrogens with zero attached hydrogens (tertiary/aromatic N) is 3. The molecule has 3 aromatic heterocycles. The van der Waals surface area contributed by atoms with E-state index in [0.717, 1.165) is 41.0 Å². The number of hydrogen-bond acceptors (Lipinski definition) is 9. The lowest BCUT2D eigenvalue weighted by molar-refractivity contribution is -0.113. The molecule has 2 amide bonds. The number of aromatic nitrogens is 3. The highest BCUT2D eigenvalue weighted by molar-refractivity contribution is 7.99. The van der Waals surface area contributed by atoms with Crippen LogP contribution in [0.25, 0.3) is 5.69 Å². The summed E-state index contributed by atoms with van der Waals surface area (Å²) in [5.41, 5.74) is 3.37. The lowest BCUT2D eigenvalue weighted by Crippen LogP contribution is -2.24. The highest BCUT2D eigenvalue weighted by atomic mass is 32.2. The largest absolute Gasteiger partial charge is 0.462 e. The first-order valence-electron chi connectivity index (χ1n) is 12.5. The molecule has 0 unspecified atom stereocenters. The van der Waals surface area contributed by atoms with Crippen LogP contribution in [-0.2, 0) is 28.9 Å². The maximum absolute atomic E-state index is 13.0. The fraction of sp³-hybridized carbons (Fsp3) is 0.296. The summed E-state index contributed by atoms with van der Waals surface area (Å²) in [6, 6.07) is 11.5. The van der Waals surface area contributed by atoms with E-state index in [-0.39, 0.29) is 30.7 Å². The zero-order valence-electron chi connectivity index (χ0n) is 21.5. The van der Waals surface area contributed by atoms with Gasteiger partial charge in [-0.1, -0.05) is 30.0 Å². The second-order valence-electron chi connectivity index (χ2n) is 8.85. The molecule has 39 heavy (non-hydrogen) atoms. The first-order chi connectivity index (χ1) is 18.9. The number of ether oxygens (including phenoxy) is 1. The highest BCUT2D eigenvalue weighted by Crippen LogP contribution is 2.39. The van der Waals surface area contributed by atoms with Gasteiger partial charge in [0.2, 0.25) is 5.91 Å². The van der Waals surface area contributed by atoms with E-state index in [1.807, 2.05) is 47.2 Å². The van der Waals surface area contributed by atoms with Crippen LogP contribution in [0.15, 0.2) is 46.9 Å². The van der Waals surface area contributed by atoms with Crippen LogP contribution in [0.1, 0.15) is 55.2 Å². The van der Waals surface area contributed by atoms with E-state index in [1.54, 1.807) is 13.0 Å². The van der Waals surface area contributed by atoms with E-state index in [1.165, 1.54) is 34.4 Å². The molecule has 1 aromatic carbocycles. The molecule has 4 aromatic rings. The monoisotopic (exact) mass is 581 g/mol. The summed E-state index contributed by atoms with van der Waals surface area (Å²) in [6.07, 6.45) is 2.72. The van der Waals surface area contributed by atoms with Crippen LogP contribution < -0.4 is 10.6 Å². The number of aryl methyl sites for hydroxylation is 2. The van der Waals surface area contributed by atoms with Crippen molar-refractivity contribution in [2.45, 2.75) is 44.8 Å². The summed E-state index contributed by atoms with van der Waals surface area (Å²) >= 11 is 4.06. The third-order valence-corrected chi connectivity index (χ3v) is 9.10. The van der Waals surface area contributed by atoms with Gasteiger partial charge in [-0.2, -0.15) is 0 Å². The Hall–Kier alpha value is -3.48. The first-order valence-corrected chi connectivity index (χ1v) is 15.2. The van der Waals surface area contributed by atoms with Crippen LogP contribution in [0.2, 0.25) is 0 Å². The zero-order valence-corrected chi connectivity index (χ0v) is 23.9. The fourth-order valence-electron chi connectivity index (χ4n) is 4.39. The number of nitrogens with one attached hydrogen (secondary N) is 2. The Balaban J connectivity index is 1.32. The van der Waals surface area contributed by atoms with Gasteiger partial charge in [-0.15, -0.1) is 32.9 Å². The van der Waals surface area contributed by atoms with Gasteiger partial charge < -0.3 is 15.4 Å². The maximum Gasteiger partial charge on any atom is 0.341 e. The van der Waals surface area contributed by atoms with Crippen molar-refractivity contribution in [2.24, 2.45) is 0 Å². The number of anilines is 1. The van der Waals surface area contributed by atoms with E-state index in [0.29, 0.717) is 26.4 Å². The second kappa shape index (κ2) is 12.1. The number of amides is 2. The third kappa shape index (κ3) is 6.07. The van der Waals surface area contributed by atoms with E-state index in [2.05, 4.69) is 20.8 Å². The molecule has 0 saturated carbocycles. The van der Waals surface area contributed by atoms with Crippen LogP contribution >= 0.6 is 34.4 Å². The second-order valence-corrected chi connectivity index (χ2v) is 11.8. The van der Waals surface area contributed by atoms with Crippen molar-refractivity contribution in [3.8, 4) is 5.69 Å². The summed E-state index contributed by atoms with van der Waals surface area (Å²) in [4.78, 5) is 39.9. The third-order valence-electron chi connectivity index (χ3n) is 6.10. The lowest BCUT2D eigenvalue weighted by Gasteiger charge is -2.12. The lowest BCUT2D eigenvalue weighted by atomic mass is 10.1. The van der Waals surface area contributed by atoms with Crippen LogP contribution in [0.4, 0.5) is 5.00 Å². The Kier molecular flexibility index (Phi) is 8.44. The quantitative estimate of drug-likeness (QED) is 0.200. The molecular weight excluding hydrogens is 555 g/mol. The van der Waals surface area contributed by atoms with E-state index in [4.69, 9.17) is 4.74 Å². The zero-order chi connectivity index (χ0) is 27.4. The van der Waals surface area contributed by atoms with Crippen LogP contribution in [0.3, 0.4) is 0 Å². The molecule has 12 heteroatoms. The Morgan fingerprint density at radius 2 is 2.03 bits per heavy atom.